The highest BCUT2D eigenvalue weighted by atomic mass is 32.1. The molecule has 0 saturated heterocycles. The van der Waals surface area contributed by atoms with E-state index in [9.17, 15) is 0 Å². The van der Waals surface area contributed by atoms with Crippen LogP contribution in [-0.4, -0.2) is 12.0 Å². The van der Waals surface area contributed by atoms with E-state index in [1.54, 1.807) is 11.3 Å². The van der Waals surface area contributed by atoms with E-state index in [-0.39, 0.29) is 5.54 Å². The van der Waals surface area contributed by atoms with E-state index in [0.717, 1.165) is 5.92 Å². The summed E-state index contributed by atoms with van der Waals surface area (Å²) in [4.78, 5) is 4.51. The summed E-state index contributed by atoms with van der Waals surface area (Å²) in [6.07, 6.45) is 8.45. The molecular formula is C12H20N2S. The molecule has 0 aromatic carbocycles. The fourth-order valence-electron chi connectivity index (χ4n) is 2.73. The molecule has 84 valence electrons. The maximum Gasteiger partial charge on any atom is 0.113 e. The lowest BCUT2D eigenvalue weighted by molar-refractivity contribution is 0.185. The van der Waals surface area contributed by atoms with E-state index < -0.39 is 0 Å². The minimum Gasteiger partial charge on any atom is -0.308 e. The second kappa shape index (κ2) is 4.62. The van der Waals surface area contributed by atoms with Crippen LogP contribution < -0.4 is 5.32 Å². The highest BCUT2D eigenvalue weighted by Gasteiger charge is 2.37. The summed E-state index contributed by atoms with van der Waals surface area (Å²) in [6, 6.07) is 0. The zero-order valence-corrected chi connectivity index (χ0v) is 10.4. The largest absolute Gasteiger partial charge is 0.308 e. The quantitative estimate of drug-likeness (QED) is 0.853. The van der Waals surface area contributed by atoms with Crippen molar-refractivity contribution in [2.24, 2.45) is 5.92 Å². The Balaban J connectivity index is 2.21. The Bertz CT molecular complexity index is 297. The van der Waals surface area contributed by atoms with Crippen LogP contribution in [0, 0.1) is 5.92 Å². The third-order valence-electron chi connectivity index (χ3n) is 3.75. The fourth-order valence-corrected chi connectivity index (χ4v) is 3.61. The maximum absolute atomic E-state index is 4.51. The second-order valence-corrected chi connectivity index (χ2v) is 5.43. The van der Waals surface area contributed by atoms with Crippen molar-refractivity contribution in [3.05, 3.63) is 16.6 Å². The first-order valence-electron chi connectivity index (χ1n) is 5.89. The standard InChI is InChI=1S/C12H20N2S/c1-3-10-5-4-6-12(9-10,13-2)11-14-7-8-15-11/h7-8,10,13H,3-6,9H2,1-2H3. The summed E-state index contributed by atoms with van der Waals surface area (Å²) in [5.41, 5.74) is 0.174. The highest BCUT2D eigenvalue weighted by molar-refractivity contribution is 7.09. The number of rotatable bonds is 3. The molecule has 1 aromatic heterocycles. The molecule has 1 aromatic rings. The van der Waals surface area contributed by atoms with Crippen LogP contribution in [0.5, 0.6) is 0 Å². The van der Waals surface area contributed by atoms with Crippen molar-refractivity contribution >= 4 is 11.3 Å². The molecule has 15 heavy (non-hydrogen) atoms. The van der Waals surface area contributed by atoms with Crippen LogP contribution in [0.15, 0.2) is 11.6 Å². The van der Waals surface area contributed by atoms with E-state index in [0.29, 0.717) is 0 Å². The van der Waals surface area contributed by atoms with E-state index in [4.69, 9.17) is 0 Å². The van der Waals surface area contributed by atoms with Gasteiger partial charge >= 0.3 is 0 Å². The molecule has 2 atom stereocenters. The van der Waals surface area contributed by atoms with Crippen LogP contribution in [0.2, 0.25) is 0 Å². The lowest BCUT2D eigenvalue weighted by atomic mass is 9.75. The predicted octanol–water partition coefficient (Wildman–Crippen LogP) is 3.16. The number of nitrogens with one attached hydrogen (secondary N) is 1. The topological polar surface area (TPSA) is 24.9 Å². The molecule has 0 aliphatic heterocycles. The zero-order chi connectivity index (χ0) is 10.7. The second-order valence-electron chi connectivity index (χ2n) is 4.54. The maximum atomic E-state index is 4.51. The molecule has 0 spiro atoms. The molecule has 1 aliphatic carbocycles. The van der Waals surface area contributed by atoms with Crippen molar-refractivity contribution in [2.45, 2.75) is 44.6 Å². The van der Waals surface area contributed by atoms with Crippen LogP contribution in [0.1, 0.15) is 44.0 Å². The minimum atomic E-state index is 0.174. The molecule has 0 amide bonds. The van der Waals surface area contributed by atoms with Gasteiger partial charge in [-0.1, -0.05) is 26.2 Å². The summed E-state index contributed by atoms with van der Waals surface area (Å²) >= 11 is 1.79. The van der Waals surface area contributed by atoms with Gasteiger partial charge in [-0.25, -0.2) is 4.98 Å². The summed E-state index contributed by atoms with van der Waals surface area (Å²) in [5.74, 6) is 0.870. The summed E-state index contributed by atoms with van der Waals surface area (Å²) in [5, 5.41) is 6.90. The third kappa shape index (κ3) is 2.08. The average molecular weight is 224 g/mol. The van der Waals surface area contributed by atoms with Gasteiger partial charge in [0.2, 0.25) is 0 Å². The van der Waals surface area contributed by atoms with E-state index in [2.05, 4.69) is 29.7 Å². The van der Waals surface area contributed by atoms with Crippen molar-refractivity contribution in [3.63, 3.8) is 0 Å². The SMILES string of the molecule is CCC1CCCC(NC)(c2nccs2)C1. The zero-order valence-electron chi connectivity index (χ0n) is 9.62. The first-order valence-corrected chi connectivity index (χ1v) is 6.77. The first kappa shape index (κ1) is 11.1. The number of hydrogen-bond acceptors (Lipinski definition) is 3. The normalized spacial score (nSPS) is 31.7. The molecule has 2 unspecified atom stereocenters. The Morgan fingerprint density at radius 3 is 3.13 bits per heavy atom. The smallest absolute Gasteiger partial charge is 0.113 e. The van der Waals surface area contributed by atoms with Crippen LogP contribution in [-0.2, 0) is 5.54 Å². The highest BCUT2D eigenvalue weighted by Crippen LogP contribution is 2.41. The predicted molar refractivity (Wildman–Crippen MR) is 65.1 cm³/mol. The van der Waals surface area contributed by atoms with Gasteiger partial charge in [-0.05, 0) is 25.8 Å². The Morgan fingerprint density at radius 1 is 1.67 bits per heavy atom. The molecule has 3 heteroatoms. The molecule has 0 bridgehead atoms. The van der Waals surface area contributed by atoms with Gasteiger partial charge in [0.1, 0.15) is 5.01 Å². The molecule has 1 heterocycles. The van der Waals surface area contributed by atoms with E-state index >= 15 is 0 Å². The lowest BCUT2D eigenvalue weighted by Crippen LogP contribution is -2.44. The first-order chi connectivity index (χ1) is 7.30. The minimum absolute atomic E-state index is 0.174. The number of aromatic nitrogens is 1. The van der Waals surface area contributed by atoms with Crippen molar-refractivity contribution in [2.75, 3.05) is 7.05 Å². The van der Waals surface area contributed by atoms with Crippen LogP contribution in [0.25, 0.3) is 0 Å². The van der Waals surface area contributed by atoms with E-state index in [1.165, 1.54) is 37.1 Å². The van der Waals surface area contributed by atoms with Gasteiger partial charge in [0.05, 0.1) is 5.54 Å². The Morgan fingerprint density at radius 2 is 2.53 bits per heavy atom. The number of nitrogens with zero attached hydrogens (tertiary/aromatic N) is 1. The average Bonchev–Trinajstić information content (AvgIpc) is 2.83. The Hall–Kier alpha value is -0.410. The van der Waals surface area contributed by atoms with Gasteiger partial charge in [0, 0.05) is 11.6 Å². The van der Waals surface area contributed by atoms with Gasteiger partial charge in [0.15, 0.2) is 0 Å². The molecule has 2 nitrogen and oxygen atoms in total. The molecule has 1 saturated carbocycles. The van der Waals surface area contributed by atoms with Gasteiger partial charge in [-0.2, -0.15) is 0 Å². The Kier molecular flexibility index (Phi) is 3.42. The van der Waals surface area contributed by atoms with Crippen LogP contribution in [0.4, 0.5) is 0 Å². The number of thiazole rings is 1. The van der Waals surface area contributed by atoms with Crippen molar-refractivity contribution < 1.29 is 0 Å². The Labute approximate surface area is 96.1 Å². The molecule has 1 fully saturated rings. The fraction of sp³-hybridized carbons (Fsp3) is 0.750. The lowest BCUT2D eigenvalue weighted by Gasteiger charge is -2.39. The van der Waals surface area contributed by atoms with Crippen LogP contribution >= 0.6 is 11.3 Å². The summed E-state index contributed by atoms with van der Waals surface area (Å²) in [6.45, 7) is 2.30. The van der Waals surface area contributed by atoms with Gasteiger partial charge < -0.3 is 5.32 Å². The van der Waals surface area contributed by atoms with Crippen LogP contribution in [0.3, 0.4) is 0 Å². The van der Waals surface area contributed by atoms with Crippen molar-refractivity contribution in [1.82, 2.24) is 10.3 Å². The third-order valence-corrected chi connectivity index (χ3v) is 4.73. The molecular weight excluding hydrogens is 204 g/mol. The van der Waals surface area contributed by atoms with Gasteiger partial charge in [-0.15, -0.1) is 11.3 Å². The van der Waals surface area contributed by atoms with Gasteiger partial charge in [0.25, 0.3) is 0 Å². The molecule has 1 N–H and O–H groups in total. The number of hydrogen-bond donors (Lipinski definition) is 1. The summed E-state index contributed by atoms with van der Waals surface area (Å²) < 4.78 is 0. The monoisotopic (exact) mass is 224 g/mol. The van der Waals surface area contributed by atoms with Crippen molar-refractivity contribution in [1.29, 1.82) is 0 Å². The molecule has 0 radical (unpaired) electrons. The molecule has 1 aliphatic rings. The van der Waals surface area contributed by atoms with Crippen molar-refractivity contribution in [3.8, 4) is 0 Å². The van der Waals surface area contributed by atoms with Gasteiger partial charge in [-0.3, -0.25) is 0 Å². The summed E-state index contributed by atoms with van der Waals surface area (Å²) in [7, 11) is 2.08. The van der Waals surface area contributed by atoms with E-state index in [1.807, 2.05) is 6.20 Å². The molecule has 2 rings (SSSR count).